The molecule has 0 bridgehead atoms. The lowest BCUT2D eigenvalue weighted by atomic mass is 9.82. The van der Waals surface area contributed by atoms with Gasteiger partial charge in [-0.2, -0.15) is 0 Å². The summed E-state index contributed by atoms with van der Waals surface area (Å²) < 4.78 is 0. The van der Waals surface area contributed by atoms with E-state index in [1.54, 1.807) is 0 Å². The molecule has 1 aliphatic carbocycles. The van der Waals surface area contributed by atoms with E-state index in [9.17, 15) is 4.79 Å². The van der Waals surface area contributed by atoms with Crippen LogP contribution in [0.3, 0.4) is 0 Å². The zero-order valence-electron chi connectivity index (χ0n) is 12.4. The first-order valence-electron chi connectivity index (χ1n) is 7.91. The molecule has 1 saturated carbocycles. The summed E-state index contributed by atoms with van der Waals surface area (Å²) in [5.74, 6) is 1.02. The standard InChI is InChI=1S/C17H24N2O.ClH/c20-17(9-8-13-4-3-5-13)19-12-16-15-7-2-1-6-14(15)10-11-18-16;/h1-2,6-7,13,16,18H,3-5,8-12H2,(H,19,20);1H. The maximum Gasteiger partial charge on any atom is 0.220 e. The number of halogens is 1. The summed E-state index contributed by atoms with van der Waals surface area (Å²) in [4.78, 5) is 11.9. The summed E-state index contributed by atoms with van der Waals surface area (Å²) in [5.41, 5.74) is 2.76. The summed E-state index contributed by atoms with van der Waals surface area (Å²) in [7, 11) is 0. The van der Waals surface area contributed by atoms with Crippen molar-refractivity contribution in [2.45, 2.75) is 44.6 Å². The van der Waals surface area contributed by atoms with Crippen LogP contribution in [-0.4, -0.2) is 19.0 Å². The van der Waals surface area contributed by atoms with Crippen molar-refractivity contribution in [3.8, 4) is 0 Å². The van der Waals surface area contributed by atoms with Crippen LogP contribution in [0, 0.1) is 5.92 Å². The van der Waals surface area contributed by atoms with Gasteiger partial charge in [-0.1, -0.05) is 43.5 Å². The van der Waals surface area contributed by atoms with Crippen LogP contribution >= 0.6 is 12.4 Å². The quantitative estimate of drug-likeness (QED) is 0.878. The zero-order valence-corrected chi connectivity index (χ0v) is 13.3. The predicted octanol–water partition coefficient (Wildman–Crippen LogP) is 2.99. The van der Waals surface area contributed by atoms with Crippen LogP contribution in [0.15, 0.2) is 24.3 Å². The van der Waals surface area contributed by atoms with Crippen LogP contribution in [-0.2, 0) is 11.2 Å². The molecule has 21 heavy (non-hydrogen) atoms. The highest BCUT2D eigenvalue weighted by Crippen LogP contribution is 2.30. The van der Waals surface area contributed by atoms with E-state index in [-0.39, 0.29) is 24.4 Å². The SMILES string of the molecule is Cl.O=C(CCC1CCC1)NCC1NCCc2ccccc21. The fraction of sp³-hybridized carbons (Fsp3) is 0.588. The highest BCUT2D eigenvalue weighted by atomic mass is 35.5. The Labute approximate surface area is 133 Å². The minimum absolute atomic E-state index is 0. The van der Waals surface area contributed by atoms with Gasteiger partial charge in [0.25, 0.3) is 0 Å². The fourth-order valence-electron chi connectivity index (χ4n) is 3.20. The van der Waals surface area contributed by atoms with E-state index in [0.717, 1.165) is 25.3 Å². The van der Waals surface area contributed by atoms with Crippen molar-refractivity contribution < 1.29 is 4.79 Å². The summed E-state index contributed by atoms with van der Waals surface area (Å²) in [6.07, 6.45) is 6.85. The Morgan fingerprint density at radius 1 is 1.29 bits per heavy atom. The number of rotatable bonds is 5. The molecule has 3 rings (SSSR count). The van der Waals surface area contributed by atoms with Crippen LogP contribution in [0.1, 0.15) is 49.3 Å². The van der Waals surface area contributed by atoms with Crippen molar-refractivity contribution in [3.05, 3.63) is 35.4 Å². The van der Waals surface area contributed by atoms with Crippen LogP contribution < -0.4 is 10.6 Å². The Balaban J connectivity index is 0.00000161. The topological polar surface area (TPSA) is 41.1 Å². The molecule has 2 aliphatic rings. The van der Waals surface area contributed by atoms with Gasteiger partial charge in [-0.25, -0.2) is 0 Å². The molecule has 0 spiro atoms. The molecule has 1 aromatic carbocycles. The fourth-order valence-corrected chi connectivity index (χ4v) is 3.20. The number of fused-ring (bicyclic) bond motifs is 1. The molecule has 0 saturated heterocycles. The smallest absolute Gasteiger partial charge is 0.220 e. The molecule has 1 aliphatic heterocycles. The van der Waals surface area contributed by atoms with Gasteiger partial charge in [0.05, 0.1) is 0 Å². The Hall–Kier alpha value is -1.06. The van der Waals surface area contributed by atoms with Gasteiger partial charge >= 0.3 is 0 Å². The second kappa shape index (κ2) is 7.81. The molecular formula is C17H25ClN2O. The number of amides is 1. The Kier molecular flexibility index (Phi) is 6.07. The largest absolute Gasteiger partial charge is 0.354 e. The maximum absolute atomic E-state index is 11.9. The van der Waals surface area contributed by atoms with Gasteiger partial charge in [-0.3, -0.25) is 4.79 Å². The molecule has 1 aromatic rings. The van der Waals surface area contributed by atoms with Crippen LogP contribution in [0.4, 0.5) is 0 Å². The maximum atomic E-state index is 11.9. The number of nitrogens with one attached hydrogen (secondary N) is 2. The van der Waals surface area contributed by atoms with Crippen LogP contribution in [0.5, 0.6) is 0 Å². The first-order chi connectivity index (χ1) is 9.83. The first kappa shape index (κ1) is 16.3. The molecular weight excluding hydrogens is 284 g/mol. The van der Waals surface area contributed by atoms with E-state index in [1.165, 1.54) is 30.4 Å². The second-order valence-corrected chi connectivity index (χ2v) is 6.10. The second-order valence-electron chi connectivity index (χ2n) is 6.10. The van der Waals surface area contributed by atoms with E-state index >= 15 is 0 Å². The lowest BCUT2D eigenvalue weighted by Crippen LogP contribution is -2.38. The molecule has 1 unspecified atom stereocenters. The summed E-state index contributed by atoms with van der Waals surface area (Å²) in [6, 6.07) is 8.82. The molecule has 116 valence electrons. The van der Waals surface area contributed by atoms with Crippen LogP contribution in [0.25, 0.3) is 0 Å². The van der Waals surface area contributed by atoms with Gasteiger partial charge in [0.15, 0.2) is 0 Å². The van der Waals surface area contributed by atoms with E-state index in [1.807, 2.05) is 0 Å². The van der Waals surface area contributed by atoms with E-state index in [0.29, 0.717) is 13.0 Å². The molecule has 0 aromatic heterocycles. The van der Waals surface area contributed by atoms with Gasteiger partial charge < -0.3 is 10.6 Å². The van der Waals surface area contributed by atoms with E-state index in [2.05, 4.69) is 34.9 Å². The van der Waals surface area contributed by atoms with Gasteiger partial charge in [0.2, 0.25) is 5.91 Å². The molecule has 1 fully saturated rings. The lowest BCUT2D eigenvalue weighted by Gasteiger charge is -2.27. The number of carbonyl (C=O) groups is 1. The Morgan fingerprint density at radius 2 is 2.10 bits per heavy atom. The number of benzene rings is 1. The van der Waals surface area contributed by atoms with Gasteiger partial charge in [-0.05, 0) is 36.4 Å². The minimum Gasteiger partial charge on any atom is -0.354 e. The molecule has 2 N–H and O–H groups in total. The summed E-state index contributed by atoms with van der Waals surface area (Å²) in [6.45, 7) is 1.71. The van der Waals surface area contributed by atoms with Crippen LogP contribution in [0.2, 0.25) is 0 Å². The van der Waals surface area contributed by atoms with Crippen molar-refractivity contribution in [3.63, 3.8) is 0 Å². The van der Waals surface area contributed by atoms with Crippen molar-refractivity contribution >= 4 is 18.3 Å². The van der Waals surface area contributed by atoms with Gasteiger partial charge in [0, 0.05) is 19.0 Å². The third-order valence-corrected chi connectivity index (χ3v) is 4.72. The summed E-state index contributed by atoms with van der Waals surface area (Å²) >= 11 is 0. The Bertz CT molecular complexity index is 474. The molecule has 0 radical (unpaired) electrons. The molecule has 4 heteroatoms. The highest BCUT2D eigenvalue weighted by Gasteiger charge is 2.21. The van der Waals surface area contributed by atoms with E-state index in [4.69, 9.17) is 0 Å². The van der Waals surface area contributed by atoms with Crippen molar-refractivity contribution in [1.29, 1.82) is 0 Å². The first-order valence-corrected chi connectivity index (χ1v) is 7.91. The normalized spacial score (nSPS) is 20.9. The van der Waals surface area contributed by atoms with Gasteiger partial charge in [0.1, 0.15) is 0 Å². The average molecular weight is 309 g/mol. The van der Waals surface area contributed by atoms with Gasteiger partial charge in [-0.15, -0.1) is 12.4 Å². The monoisotopic (exact) mass is 308 g/mol. The molecule has 1 amide bonds. The summed E-state index contributed by atoms with van der Waals surface area (Å²) in [5, 5.41) is 6.60. The Morgan fingerprint density at radius 3 is 2.86 bits per heavy atom. The highest BCUT2D eigenvalue weighted by molar-refractivity contribution is 5.85. The third-order valence-electron chi connectivity index (χ3n) is 4.72. The number of hydrogen-bond acceptors (Lipinski definition) is 2. The predicted molar refractivity (Wildman–Crippen MR) is 87.7 cm³/mol. The average Bonchev–Trinajstić information content (AvgIpc) is 2.43. The van der Waals surface area contributed by atoms with Crippen molar-refractivity contribution in [2.75, 3.05) is 13.1 Å². The number of hydrogen-bond donors (Lipinski definition) is 2. The lowest BCUT2D eigenvalue weighted by molar-refractivity contribution is -0.121. The van der Waals surface area contributed by atoms with E-state index < -0.39 is 0 Å². The van der Waals surface area contributed by atoms with Crippen molar-refractivity contribution in [2.24, 2.45) is 5.92 Å². The third kappa shape index (κ3) is 4.21. The minimum atomic E-state index is 0. The molecule has 1 atom stereocenters. The van der Waals surface area contributed by atoms with Crippen molar-refractivity contribution in [1.82, 2.24) is 10.6 Å². The molecule has 1 heterocycles. The molecule has 3 nitrogen and oxygen atoms in total. The number of carbonyl (C=O) groups excluding carboxylic acids is 1. The zero-order chi connectivity index (χ0) is 13.8.